The van der Waals surface area contributed by atoms with Crippen molar-refractivity contribution < 1.29 is 24.2 Å². The summed E-state index contributed by atoms with van der Waals surface area (Å²) in [5, 5.41) is 9.09. The second kappa shape index (κ2) is 6.94. The lowest BCUT2D eigenvalue weighted by Gasteiger charge is -2.36. The van der Waals surface area contributed by atoms with E-state index in [4.69, 9.17) is 14.6 Å². The number of carboxylic acids is 1. The van der Waals surface area contributed by atoms with Crippen LogP contribution in [-0.4, -0.2) is 65.9 Å². The maximum Gasteiger partial charge on any atom is 0.410 e. The van der Waals surface area contributed by atoms with Crippen LogP contribution in [-0.2, 0) is 4.74 Å². The summed E-state index contributed by atoms with van der Waals surface area (Å²) in [6, 6.07) is 3.12. The van der Waals surface area contributed by atoms with Crippen molar-refractivity contribution in [1.29, 1.82) is 0 Å². The normalized spacial score (nSPS) is 15.2. The number of anilines is 1. The molecule has 8 nitrogen and oxygen atoms in total. The molecular weight excluding hydrogens is 314 g/mol. The summed E-state index contributed by atoms with van der Waals surface area (Å²) in [6.07, 6.45) is -0.325. The molecule has 0 atom stereocenters. The van der Waals surface area contributed by atoms with Gasteiger partial charge in [0.1, 0.15) is 17.0 Å². The Morgan fingerprint density at radius 3 is 2.29 bits per heavy atom. The number of aromatic nitrogens is 1. The van der Waals surface area contributed by atoms with Gasteiger partial charge >= 0.3 is 12.1 Å². The van der Waals surface area contributed by atoms with Crippen molar-refractivity contribution in [2.75, 3.05) is 38.2 Å². The first-order chi connectivity index (χ1) is 11.2. The zero-order valence-electron chi connectivity index (χ0n) is 14.4. The summed E-state index contributed by atoms with van der Waals surface area (Å²) in [5.41, 5.74) is -0.496. The number of hydrogen-bond acceptors (Lipinski definition) is 6. The smallest absolute Gasteiger partial charge is 0.410 e. The number of nitrogens with zero attached hydrogens (tertiary/aromatic N) is 3. The number of ether oxygens (including phenoxy) is 2. The van der Waals surface area contributed by atoms with E-state index >= 15 is 0 Å². The van der Waals surface area contributed by atoms with Crippen molar-refractivity contribution in [2.24, 2.45) is 0 Å². The summed E-state index contributed by atoms with van der Waals surface area (Å²) in [6.45, 7) is 7.70. The minimum atomic E-state index is -1.08. The van der Waals surface area contributed by atoms with Gasteiger partial charge in [0.2, 0.25) is 5.88 Å². The molecule has 0 aliphatic carbocycles. The maximum atomic E-state index is 12.1. The minimum Gasteiger partial charge on any atom is -0.480 e. The van der Waals surface area contributed by atoms with Crippen LogP contribution in [0.3, 0.4) is 0 Å². The molecule has 1 aromatic heterocycles. The van der Waals surface area contributed by atoms with Crippen LogP contribution in [0.15, 0.2) is 12.1 Å². The molecule has 24 heavy (non-hydrogen) atoms. The largest absolute Gasteiger partial charge is 0.480 e. The predicted molar refractivity (Wildman–Crippen MR) is 87.8 cm³/mol. The second-order valence-corrected chi connectivity index (χ2v) is 6.49. The molecule has 0 aromatic carbocycles. The van der Waals surface area contributed by atoms with Gasteiger partial charge in [0.15, 0.2) is 0 Å². The van der Waals surface area contributed by atoms with Crippen LogP contribution in [0.2, 0.25) is 0 Å². The van der Waals surface area contributed by atoms with Gasteiger partial charge in [0, 0.05) is 26.2 Å². The zero-order chi connectivity index (χ0) is 17.9. The van der Waals surface area contributed by atoms with E-state index in [1.54, 1.807) is 11.0 Å². The lowest BCUT2D eigenvalue weighted by molar-refractivity contribution is 0.0240. The summed E-state index contributed by atoms with van der Waals surface area (Å²) >= 11 is 0. The SMILES string of the molecule is COc1nc(N2CCN(C(=O)OC(C)(C)C)CC2)ccc1C(=O)O. The van der Waals surface area contributed by atoms with Crippen molar-refractivity contribution in [3.63, 3.8) is 0 Å². The highest BCUT2D eigenvalue weighted by Gasteiger charge is 2.26. The Hall–Kier alpha value is -2.51. The monoisotopic (exact) mass is 337 g/mol. The lowest BCUT2D eigenvalue weighted by atomic mass is 10.2. The molecule has 0 radical (unpaired) electrons. The van der Waals surface area contributed by atoms with E-state index in [1.165, 1.54) is 13.2 Å². The molecule has 1 amide bonds. The molecule has 0 spiro atoms. The van der Waals surface area contributed by atoms with E-state index in [-0.39, 0.29) is 17.5 Å². The first-order valence-electron chi connectivity index (χ1n) is 7.72. The molecule has 1 aliphatic rings. The molecule has 8 heteroatoms. The third-order valence-corrected chi connectivity index (χ3v) is 3.52. The Balaban J connectivity index is 2.02. The third-order valence-electron chi connectivity index (χ3n) is 3.52. The summed E-state index contributed by atoms with van der Waals surface area (Å²) < 4.78 is 10.4. The molecule has 132 valence electrons. The van der Waals surface area contributed by atoms with Gasteiger partial charge in [-0.25, -0.2) is 9.59 Å². The number of piperazine rings is 1. The highest BCUT2D eigenvalue weighted by molar-refractivity contribution is 5.90. The first-order valence-corrected chi connectivity index (χ1v) is 7.72. The Morgan fingerprint density at radius 2 is 1.79 bits per heavy atom. The molecule has 1 fully saturated rings. The van der Waals surface area contributed by atoms with Crippen LogP contribution in [0.5, 0.6) is 5.88 Å². The Bertz CT molecular complexity index is 619. The maximum absolute atomic E-state index is 12.1. The first kappa shape index (κ1) is 17.8. The Labute approximate surface area is 141 Å². The average molecular weight is 337 g/mol. The second-order valence-electron chi connectivity index (χ2n) is 6.49. The standard InChI is InChI=1S/C16H23N3O5/c1-16(2,3)24-15(22)19-9-7-18(8-10-19)12-6-5-11(14(20)21)13(17-12)23-4/h5-6H,7-10H2,1-4H3,(H,20,21). The predicted octanol–water partition coefficient (Wildman–Crippen LogP) is 1.85. The fraction of sp³-hybridized carbons (Fsp3) is 0.562. The number of pyridine rings is 1. The summed E-state index contributed by atoms with van der Waals surface area (Å²) in [7, 11) is 1.39. The van der Waals surface area contributed by atoms with Gasteiger partial charge < -0.3 is 24.4 Å². The fourth-order valence-corrected chi connectivity index (χ4v) is 2.37. The van der Waals surface area contributed by atoms with Crippen LogP contribution in [0, 0.1) is 0 Å². The molecule has 1 N–H and O–H groups in total. The quantitative estimate of drug-likeness (QED) is 0.899. The number of hydrogen-bond donors (Lipinski definition) is 1. The molecule has 0 saturated carbocycles. The van der Waals surface area contributed by atoms with E-state index in [0.29, 0.717) is 32.0 Å². The van der Waals surface area contributed by atoms with Crippen molar-refractivity contribution in [1.82, 2.24) is 9.88 Å². The van der Waals surface area contributed by atoms with Gasteiger partial charge in [0.05, 0.1) is 7.11 Å². The highest BCUT2D eigenvalue weighted by atomic mass is 16.6. The van der Waals surface area contributed by atoms with Crippen LogP contribution in [0.1, 0.15) is 31.1 Å². The van der Waals surface area contributed by atoms with Gasteiger partial charge in [-0.15, -0.1) is 0 Å². The number of carboxylic acid groups (broad SMARTS) is 1. The molecule has 0 bridgehead atoms. The van der Waals surface area contributed by atoms with Crippen LogP contribution >= 0.6 is 0 Å². The number of rotatable bonds is 3. The topological polar surface area (TPSA) is 92.2 Å². The van der Waals surface area contributed by atoms with Crippen molar-refractivity contribution in [2.45, 2.75) is 26.4 Å². The van der Waals surface area contributed by atoms with Crippen molar-refractivity contribution in [3.8, 4) is 5.88 Å². The van der Waals surface area contributed by atoms with E-state index in [1.807, 2.05) is 25.7 Å². The minimum absolute atomic E-state index is 0.0219. The zero-order valence-corrected chi connectivity index (χ0v) is 14.4. The van der Waals surface area contributed by atoms with Crippen molar-refractivity contribution >= 4 is 17.9 Å². The van der Waals surface area contributed by atoms with E-state index in [0.717, 1.165) is 0 Å². The Morgan fingerprint density at radius 1 is 1.17 bits per heavy atom. The Kier molecular flexibility index (Phi) is 5.16. The van der Waals surface area contributed by atoms with Gasteiger partial charge in [-0.05, 0) is 32.9 Å². The van der Waals surface area contributed by atoms with Crippen LogP contribution in [0.25, 0.3) is 0 Å². The molecule has 2 heterocycles. The molecule has 1 aromatic rings. The van der Waals surface area contributed by atoms with Crippen LogP contribution in [0.4, 0.5) is 10.6 Å². The molecule has 0 unspecified atom stereocenters. The lowest BCUT2D eigenvalue weighted by Crippen LogP contribution is -2.50. The number of amides is 1. The van der Waals surface area contributed by atoms with Crippen LogP contribution < -0.4 is 9.64 Å². The number of aromatic carboxylic acids is 1. The van der Waals surface area contributed by atoms with E-state index < -0.39 is 11.6 Å². The summed E-state index contributed by atoms with van der Waals surface area (Å²) in [5.74, 6) is -0.379. The number of carbonyl (C=O) groups is 2. The summed E-state index contributed by atoms with van der Waals surface area (Å²) in [4.78, 5) is 31.1. The molecule has 2 rings (SSSR count). The van der Waals surface area contributed by atoms with E-state index in [2.05, 4.69) is 4.98 Å². The fourth-order valence-electron chi connectivity index (χ4n) is 2.37. The third kappa shape index (κ3) is 4.27. The molecule has 1 aliphatic heterocycles. The van der Waals surface area contributed by atoms with Crippen molar-refractivity contribution in [3.05, 3.63) is 17.7 Å². The highest BCUT2D eigenvalue weighted by Crippen LogP contribution is 2.22. The molecular formula is C16H23N3O5. The van der Waals surface area contributed by atoms with E-state index in [9.17, 15) is 9.59 Å². The number of methoxy groups -OCH3 is 1. The van der Waals surface area contributed by atoms with Gasteiger partial charge in [-0.2, -0.15) is 4.98 Å². The van der Waals surface area contributed by atoms with Gasteiger partial charge in [-0.3, -0.25) is 0 Å². The van der Waals surface area contributed by atoms with Gasteiger partial charge in [0.25, 0.3) is 0 Å². The molecule has 1 saturated heterocycles. The van der Waals surface area contributed by atoms with Gasteiger partial charge in [-0.1, -0.05) is 0 Å². The number of carbonyl (C=O) groups excluding carboxylic acids is 1. The average Bonchev–Trinajstić information content (AvgIpc) is 2.52.